The van der Waals surface area contributed by atoms with E-state index in [2.05, 4.69) is 0 Å². The van der Waals surface area contributed by atoms with Crippen molar-refractivity contribution in [2.24, 2.45) is 0 Å². The largest absolute Gasteiger partial charge is 0.748 e. The first-order valence-corrected chi connectivity index (χ1v) is 34.7. The summed E-state index contributed by atoms with van der Waals surface area (Å²) >= 11 is 0. The number of allylic oxidation sites excluding steroid dienone is 6. The summed E-state index contributed by atoms with van der Waals surface area (Å²) in [6, 6.07) is 8.64. The van der Waals surface area contributed by atoms with Gasteiger partial charge in [-0.05, 0) is 110 Å². The van der Waals surface area contributed by atoms with Gasteiger partial charge in [0, 0.05) is 79.4 Å². The summed E-state index contributed by atoms with van der Waals surface area (Å²) in [7, 11) is -23.4. The lowest BCUT2D eigenvalue weighted by atomic mass is 9.74. The minimum Gasteiger partial charge on any atom is -0.748 e. The Balaban J connectivity index is 1.52. The fraction of sp³-hybridized carbons (Fsp3) is 0.500. The summed E-state index contributed by atoms with van der Waals surface area (Å²) in [5.74, 6) is -1.85. The standard InChI is InChI=1S/C56H74N2O24S5/c1-55(19-11-35-83(61,62)63)50(58(22-24-79-30-32-80-27-25-76-3)47-18-16-42-44(53(47)55)36-40(84(64,65)66)38-48(42)86(70,71)72)12-7-5-8-13-51-56(2,20-23-78-29-31-82-34-33-81-28-26-77-4)54-45-37-41(85(67,68)69)39-49(87(73,74)75)43(45)15-17-46(54)57(51)21-10-6-9-14-52(59)60/h5,7-8,12-13,15-18,36-39H,6,9-11,14,19-35H2,1-4H3,(H5-,59,60,61,62,63,64,65,66,67,68,69,70,71,72,73,74,75)/p-4. The molecule has 0 aliphatic carbocycles. The van der Waals surface area contributed by atoms with Gasteiger partial charge in [0.15, 0.2) is 12.3 Å². The lowest BCUT2D eigenvalue weighted by molar-refractivity contribution is -0.442. The number of anilines is 1. The minimum absolute atomic E-state index is 0.00996. The van der Waals surface area contributed by atoms with Crippen LogP contribution in [-0.4, -0.2) is 199 Å². The highest BCUT2D eigenvalue weighted by Gasteiger charge is 2.49. The van der Waals surface area contributed by atoms with E-state index < -0.39 is 92.7 Å². The predicted octanol–water partition coefficient (Wildman–Crippen LogP) is 4.48. The molecule has 2 aliphatic heterocycles. The lowest BCUT2D eigenvalue weighted by Gasteiger charge is -2.31. The van der Waals surface area contributed by atoms with E-state index >= 15 is 0 Å². The number of nitrogens with zero attached hydrogens (tertiary/aromatic N) is 2. The van der Waals surface area contributed by atoms with E-state index in [1.165, 1.54) is 25.3 Å². The Kier molecular flexibility index (Phi) is 24.9. The van der Waals surface area contributed by atoms with Crippen molar-refractivity contribution >= 4 is 95.2 Å². The van der Waals surface area contributed by atoms with E-state index in [9.17, 15) is 74.8 Å². The number of fused-ring (bicyclic) bond motifs is 6. The van der Waals surface area contributed by atoms with Crippen molar-refractivity contribution in [1.29, 1.82) is 0 Å². The molecule has 0 radical (unpaired) electrons. The quantitative estimate of drug-likeness (QED) is 0.0280. The fourth-order valence-electron chi connectivity index (χ4n) is 11.0. The summed E-state index contributed by atoms with van der Waals surface area (Å²) in [6.45, 7) is 6.26. The van der Waals surface area contributed by atoms with Gasteiger partial charge in [0.2, 0.25) is 5.69 Å². The molecule has 0 saturated carbocycles. The van der Waals surface area contributed by atoms with Gasteiger partial charge in [0.1, 0.15) is 47.1 Å². The Labute approximate surface area is 507 Å². The van der Waals surface area contributed by atoms with Crippen molar-refractivity contribution < 1.29 is 112 Å². The van der Waals surface area contributed by atoms with E-state index in [0.29, 0.717) is 86.2 Å². The van der Waals surface area contributed by atoms with Crippen molar-refractivity contribution in [2.45, 2.75) is 89.2 Å². The van der Waals surface area contributed by atoms with Crippen LogP contribution in [0.4, 0.5) is 11.4 Å². The smallest absolute Gasteiger partial charge is 0.303 e. The average Bonchev–Trinajstić information content (AvgIpc) is 1.63. The number of benzene rings is 4. The number of unbranched alkanes of at least 4 members (excludes halogenated alkanes) is 2. The maximum absolute atomic E-state index is 12.8. The molecule has 2 heterocycles. The average molecular weight is 1320 g/mol. The third-order valence-corrected chi connectivity index (χ3v) is 19.0. The van der Waals surface area contributed by atoms with Crippen LogP contribution in [0, 0.1) is 0 Å². The molecule has 31 heteroatoms. The number of aliphatic carboxylic acids is 1. The summed E-state index contributed by atoms with van der Waals surface area (Å²) in [5, 5.41) is 8.83. The zero-order valence-electron chi connectivity index (χ0n) is 48.3. The highest BCUT2D eigenvalue weighted by molar-refractivity contribution is 7.87. The van der Waals surface area contributed by atoms with Gasteiger partial charge in [0.25, 0.3) is 0 Å². The monoisotopic (exact) mass is 1310 g/mol. The second kappa shape index (κ2) is 30.6. The molecule has 2 atom stereocenters. The second-order valence-electron chi connectivity index (χ2n) is 20.8. The molecule has 0 fully saturated rings. The molecular weight excluding hydrogens is 1240 g/mol. The molecule has 4 aromatic rings. The molecule has 26 nitrogen and oxygen atoms in total. The Bertz CT molecular complexity index is 3850. The highest BCUT2D eigenvalue weighted by Crippen LogP contribution is 2.54. The summed E-state index contributed by atoms with van der Waals surface area (Å²) in [5.41, 5.74) is -0.496. The van der Waals surface area contributed by atoms with E-state index in [1.807, 2.05) is 4.90 Å². The zero-order chi connectivity index (χ0) is 64.0. The van der Waals surface area contributed by atoms with Crippen LogP contribution in [0.3, 0.4) is 0 Å². The molecule has 0 spiro atoms. The van der Waals surface area contributed by atoms with Gasteiger partial charge in [0.05, 0.1) is 101 Å². The number of hydrogen-bond donors (Lipinski definition) is 1. The number of rotatable bonds is 38. The van der Waals surface area contributed by atoms with E-state index in [4.69, 9.17) is 33.2 Å². The summed E-state index contributed by atoms with van der Waals surface area (Å²) in [4.78, 5) is 9.42. The Hall–Kier alpha value is -5.17. The van der Waals surface area contributed by atoms with Gasteiger partial charge in [-0.25, -0.2) is 42.1 Å². The third-order valence-electron chi connectivity index (χ3n) is 14.9. The van der Waals surface area contributed by atoms with Gasteiger partial charge in [-0.2, -0.15) is 4.58 Å². The highest BCUT2D eigenvalue weighted by atomic mass is 32.2. The molecule has 2 aliphatic rings. The Morgan fingerprint density at radius 3 is 1.56 bits per heavy atom. The normalized spacial score (nSPS) is 18.2. The number of carboxylic acid groups (broad SMARTS) is 1. The summed E-state index contributed by atoms with van der Waals surface area (Å²) in [6.07, 6.45) is 8.90. The number of ether oxygens (including phenoxy) is 7. The topological polar surface area (TPSA) is 394 Å². The van der Waals surface area contributed by atoms with Crippen molar-refractivity contribution in [3.63, 3.8) is 0 Å². The van der Waals surface area contributed by atoms with Crippen LogP contribution in [0.1, 0.15) is 69.9 Å². The van der Waals surface area contributed by atoms with Crippen LogP contribution < -0.4 is 4.90 Å². The lowest BCUT2D eigenvalue weighted by Crippen LogP contribution is -2.33. The van der Waals surface area contributed by atoms with E-state index in [-0.39, 0.29) is 119 Å². The van der Waals surface area contributed by atoms with Crippen molar-refractivity contribution in [3.8, 4) is 0 Å². The van der Waals surface area contributed by atoms with E-state index in [0.717, 1.165) is 12.1 Å². The van der Waals surface area contributed by atoms with Crippen molar-refractivity contribution in [1.82, 2.24) is 0 Å². The third kappa shape index (κ3) is 18.5. The molecule has 6 rings (SSSR count). The van der Waals surface area contributed by atoms with Gasteiger partial charge >= 0.3 is 5.97 Å². The first-order chi connectivity index (χ1) is 40.9. The first-order valence-electron chi connectivity index (χ1n) is 27.4. The summed E-state index contributed by atoms with van der Waals surface area (Å²) < 4.78 is 229. The van der Waals surface area contributed by atoms with Crippen LogP contribution in [0.5, 0.6) is 0 Å². The zero-order valence-corrected chi connectivity index (χ0v) is 52.4. The molecule has 0 aromatic heterocycles. The molecule has 0 bridgehead atoms. The van der Waals surface area contributed by atoms with Crippen molar-refractivity contribution in [2.75, 3.05) is 117 Å². The minimum atomic E-state index is -5.45. The fourth-order valence-corrected chi connectivity index (χ4v) is 14.1. The maximum atomic E-state index is 12.8. The van der Waals surface area contributed by atoms with Gasteiger partial charge in [-0.3, -0.25) is 4.79 Å². The maximum Gasteiger partial charge on any atom is 0.303 e. The molecule has 87 heavy (non-hydrogen) atoms. The van der Waals surface area contributed by atoms with Gasteiger partial charge in [-0.15, -0.1) is 0 Å². The number of hydrogen-bond acceptors (Lipinski definition) is 24. The van der Waals surface area contributed by atoms with Crippen LogP contribution in [0.15, 0.2) is 104 Å². The van der Waals surface area contributed by atoms with E-state index in [1.54, 1.807) is 62.0 Å². The molecule has 0 amide bonds. The van der Waals surface area contributed by atoms with Crippen LogP contribution in [0.2, 0.25) is 0 Å². The molecule has 482 valence electrons. The second-order valence-corrected chi connectivity index (χ2v) is 27.8. The van der Waals surface area contributed by atoms with Crippen molar-refractivity contribution in [3.05, 3.63) is 95.7 Å². The molecule has 0 saturated heterocycles. The number of carbonyl (C=O) groups is 1. The molecular formula is C56H70N2O24S5-4. The molecule has 4 aromatic carbocycles. The predicted molar refractivity (Wildman–Crippen MR) is 310 cm³/mol. The van der Waals surface area contributed by atoms with Crippen LogP contribution >= 0.6 is 0 Å². The Morgan fingerprint density at radius 1 is 0.552 bits per heavy atom. The van der Waals surface area contributed by atoms with Crippen LogP contribution in [0.25, 0.3) is 21.5 Å². The number of carboxylic acids is 1. The molecule has 2 unspecified atom stereocenters. The van der Waals surface area contributed by atoms with Crippen LogP contribution in [-0.2, 0) is 99.4 Å². The Morgan fingerprint density at radius 2 is 1.06 bits per heavy atom. The first kappa shape index (κ1) is 70.9. The number of methoxy groups -OCH3 is 2. The van der Waals surface area contributed by atoms with Gasteiger partial charge < -0.3 is 65.9 Å². The SMILES string of the molecule is COCCOCCOCCOCCC1(C)\C(=C/C=C/C=C/C2=[N+](CCOCCOCCOC)c3ccc4c(S(=O)(=O)[O-])cc(S(=O)(=O)[O-])cc4c3C2(C)CCCS(=O)(=O)[O-])N(CCCCCC(=O)O)c2ccc3c(S(=O)(=O)[O-])cc(S(=O)(=O)[O-])cc3c21. The van der Waals surface area contributed by atoms with Gasteiger partial charge in [-0.1, -0.05) is 30.7 Å². The molecule has 1 N–H and O–H groups in total.